The van der Waals surface area contributed by atoms with Gasteiger partial charge in [-0.05, 0) is 27.2 Å². The molecule has 0 spiro atoms. The highest BCUT2D eigenvalue weighted by Crippen LogP contribution is 2.21. The van der Waals surface area contributed by atoms with Crippen LogP contribution < -0.4 is 10.6 Å². The molecule has 2 aliphatic heterocycles. The molecule has 2 rings (SSSR count). The molecular formula is C12H22N2O3. The molecule has 0 aromatic carbocycles. The number of hydrogen-bond donors (Lipinski definition) is 2. The second kappa shape index (κ2) is 4.92. The number of rotatable bonds is 3. The van der Waals surface area contributed by atoms with Crippen molar-refractivity contribution in [2.45, 2.75) is 51.0 Å². The SMILES string of the molecule is CC(C)(C)OC(=O)CN[C@H]1CN[C@H]2CCO[C@H]21. The van der Waals surface area contributed by atoms with E-state index >= 15 is 0 Å². The Labute approximate surface area is 102 Å². The lowest BCUT2D eigenvalue weighted by Crippen LogP contribution is -2.44. The Morgan fingerprint density at radius 2 is 2.29 bits per heavy atom. The van der Waals surface area contributed by atoms with Crippen LogP contribution in [0.5, 0.6) is 0 Å². The molecule has 98 valence electrons. The maximum Gasteiger partial charge on any atom is 0.320 e. The fraction of sp³-hybridized carbons (Fsp3) is 0.917. The molecular weight excluding hydrogens is 220 g/mol. The van der Waals surface area contributed by atoms with Gasteiger partial charge in [0.2, 0.25) is 0 Å². The number of carbonyl (C=O) groups excluding carboxylic acids is 1. The zero-order valence-corrected chi connectivity index (χ0v) is 10.8. The van der Waals surface area contributed by atoms with Gasteiger partial charge in [0, 0.05) is 25.2 Å². The summed E-state index contributed by atoms with van der Waals surface area (Å²) in [6.45, 7) is 7.54. The summed E-state index contributed by atoms with van der Waals surface area (Å²) in [4.78, 5) is 11.6. The first kappa shape index (κ1) is 12.8. The molecule has 2 aliphatic rings. The van der Waals surface area contributed by atoms with Crippen molar-refractivity contribution < 1.29 is 14.3 Å². The third-order valence-electron chi connectivity index (χ3n) is 3.06. The minimum atomic E-state index is -0.418. The van der Waals surface area contributed by atoms with Crippen molar-refractivity contribution in [3.05, 3.63) is 0 Å². The Bertz CT molecular complexity index is 288. The van der Waals surface area contributed by atoms with Gasteiger partial charge in [0.1, 0.15) is 5.60 Å². The molecule has 2 saturated heterocycles. The maximum absolute atomic E-state index is 11.6. The van der Waals surface area contributed by atoms with Crippen LogP contribution in [0.2, 0.25) is 0 Å². The summed E-state index contributed by atoms with van der Waals surface area (Å²) in [6, 6.07) is 0.668. The molecule has 2 heterocycles. The zero-order valence-electron chi connectivity index (χ0n) is 10.8. The lowest BCUT2D eigenvalue weighted by molar-refractivity contribution is -0.153. The monoisotopic (exact) mass is 242 g/mol. The fourth-order valence-corrected chi connectivity index (χ4v) is 2.40. The van der Waals surface area contributed by atoms with Crippen molar-refractivity contribution in [3.63, 3.8) is 0 Å². The second-order valence-corrected chi connectivity index (χ2v) is 5.71. The van der Waals surface area contributed by atoms with E-state index in [4.69, 9.17) is 9.47 Å². The predicted molar refractivity (Wildman–Crippen MR) is 63.8 cm³/mol. The zero-order chi connectivity index (χ0) is 12.5. The van der Waals surface area contributed by atoms with E-state index in [2.05, 4.69) is 10.6 Å². The summed E-state index contributed by atoms with van der Waals surface area (Å²) < 4.78 is 10.9. The molecule has 0 aromatic heterocycles. The van der Waals surface area contributed by atoms with Crippen molar-refractivity contribution in [2.75, 3.05) is 19.7 Å². The van der Waals surface area contributed by atoms with Crippen molar-refractivity contribution >= 4 is 5.97 Å². The van der Waals surface area contributed by atoms with E-state index in [9.17, 15) is 4.79 Å². The minimum absolute atomic E-state index is 0.206. The first-order valence-corrected chi connectivity index (χ1v) is 6.26. The summed E-state index contributed by atoms with van der Waals surface area (Å²) >= 11 is 0. The molecule has 2 fully saturated rings. The van der Waals surface area contributed by atoms with Crippen molar-refractivity contribution in [3.8, 4) is 0 Å². The van der Waals surface area contributed by atoms with Gasteiger partial charge in [0.05, 0.1) is 12.6 Å². The van der Waals surface area contributed by atoms with Crippen LogP contribution >= 0.6 is 0 Å². The maximum atomic E-state index is 11.6. The topological polar surface area (TPSA) is 59.6 Å². The highest BCUT2D eigenvalue weighted by Gasteiger charge is 2.40. The van der Waals surface area contributed by atoms with Crippen LogP contribution in [-0.4, -0.2) is 49.5 Å². The normalized spacial score (nSPS) is 32.5. The van der Waals surface area contributed by atoms with Gasteiger partial charge in [-0.1, -0.05) is 0 Å². The molecule has 0 radical (unpaired) electrons. The van der Waals surface area contributed by atoms with E-state index < -0.39 is 5.60 Å². The van der Waals surface area contributed by atoms with Gasteiger partial charge in [-0.2, -0.15) is 0 Å². The van der Waals surface area contributed by atoms with Crippen molar-refractivity contribution in [2.24, 2.45) is 0 Å². The first-order chi connectivity index (χ1) is 7.96. The number of carbonyl (C=O) groups is 1. The quantitative estimate of drug-likeness (QED) is 0.685. The predicted octanol–water partition coefficient (Wildman–Crippen LogP) is 0.0470. The molecule has 5 nitrogen and oxygen atoms in total. The highest BCUT2D eigenvalue weighted by molar-refractivity contribution is 5.72. The molecule has 0 aliphatic carbocycles. The molecule has 17 heavy (non-hydrogen) atoms. The molecule has 3 atom stereocenters. The van der Waals surface area contributed by atoms with Gasteiger partial charge in [-0.3, -0.25) is 4.79 Å². The number of nitrogens with one attached hydrogen (secondary N) is 2. The van der Waals surface area contributed by atoms with Crippen molar-refractivity contribution in [1.82, 2.24) is 10.6 Å². The molecule has 0 aromatic rings. The minimum Gasteiger partial charge on any atom is -0.459 e. The number of esters is 1. The third kappa shape index (κ3) is 3.40. The molecule has 5 heteroatoms. The van der Waals surface area contributed by atoms with E-state index in [1.807, 2.05) is 20.8 Å². The van der Waals surface area contributed by atoms with Crippen molar-refractivity contribution in [1.29, 1.82) is 0 Å². The molecule has 0 saturated carbocycles. The first-order valence-electron chi connectivity index (χ1n) is 6.26. The van der Waals surface area contributed by atoms with Crippen LogP contribution in [0.3, 0.4) is 0 Å². The lowest BCUT2D eigenvalue weighted by atomic mass is 10.1. The van der Waals surface area contributed by atoms with Gasteiger partial charge in [0.25, 0.3) is 0 Å². The van der Waals surface area contributed by atoms with Gasteiger partial charge in [-0.15, -0.1) is 0 Å². The lowest BCUT2D eigenvalue weighted by Gasteiger charge is -2.22. The van der Waals surface area contributed by atoms with Gasteiger partial charge < -0.3 is 20.1 Å². The summed E-state index contributed by atoms with van der Waals surface area (Å²) in [7, 11) is 0. The molecule has 0 unspecified atom stereocenters. The van der Waals surface area contributed by atoms with E-state index in [0.29, 0.717) is 6.04 Å². The Hall–Kier alpha value is -0.650. The number of fused-ring (bicyclic) bond motifs is 1. The highest BCUT2D eigenvalue weighted by atomic mass is 16.6. The van der Waals surface area contributed by atoms with E-state index in [1.54, 1.807) is 0 Å². The summed E-state index contributed by atoms with van der Waals surface area (Å²) in [6.07, 6.45) is 1.27. The summed E-state index contributed by atoms with van der Waals surface area (Å²) in [5, 5.41) is 6.61. The van der Waals surface area contributed by atoms with Gasteiger partial charge >= 0.3 is 5.97 Å². The molecule has 2 N–H and O–H groups in total. The van der Waals surface area contributed by atoms with Crippen LogP contribution in [0, 0.1) is 0 Å². The van der Waals surface area contributed by atoms with Gasteiger partial charge in [0.15, 0.2) is 0 Å². The number of hydrogen-bond acceptors (Lipinski definition) is 5. The van der Waals surface area contributed by atoms with Crippen LogP contribution in [0.1, 0.15) is 27.2 Å². The average Bonchev–Trinajstić information content (AvgIpc) is 2.73. The van der Waals surface area contributed by atoms with Crippen LogP contribution in [-0.2, 0) is 14.3 Å². The molecule has 0 amide bonds. The second-order valence-electron chi connectivity index (χ2n) is 5.71. The van der Waals surface area contributed by atoms with Crippen LogP contribution in [0.4, 0.5) is 0 Å². The average molecular weight is 242 g/mol. The Kier molecular flexibility index (Phi) is 3.70. The largest absolute Gasteiger partial charge is 0.459 e. The summed E-state index contributed by atoms with van der Waals surface area (Å²) in [5.41, 5.74) is -0.418. The van der Waals surface area contributed by atoms with E-state index in [-0.39, 0.29) is 24.7 Å². The standard InChI is InChI=1S/C12H22N2O3/c1-12(2,3)17-10(15)7-14-9-6-13-8-4-5-16-11(8)9/h8-9,11,13-14H,4-7H2,1-3H3/t8-,9-,11+/m0/s1. The number of ether oxygens (including phenoxy) is 2. The van der Waals surface area contributed by atoms with Crippen LogP contribution in [0.15, 0.2) is 0 Å². The third-order valence-corrected chi connectivity index (χ3v) is 3.06. The Morgan fingerprint density at radius 3 is 3.00 bits per heavy atom. The summed E-state index contributed by atoms with van der Waals surface area (Å²) in [5.74, 6) is -0.209. The fourth-order valence-electron chi connectivity index (χ4n) is 2.40. The Balaban J connectivity index is 1.73. The van der Waals surface area contributed by atoms with Gasteiger partial charge in [-0.25, -0.2) is 0 Å². The van der Waals surface area contributed by atoms with Crippen LogP contribution in [0.25, 0.3) is 0 Å². The van der Waals surface area contributed by atoms with E-state index in [0.717, 1.165) is 19.6 Å². The Morgan fingerprint density at radius 1 is 1.53 bits per heavy atom. The molecule has 0 bridgehead atoms. The van der Waals surface area contributed by atoms with E-state index in [1.165, 1.54) is 0 Å². The smallest absolute Gasteiger partial charge is 0.320 e.